The molecule has 0 saturated heterocycles. The maximum Gasteiger partial charge on any atom is 0.312 e. The predicted molar refractivity (Wildman–Crippen MR) is 54.5 cm³/mol. The van der Waals surface area contributed by atoms with Crippen molar-refractivity contribution in [3.63, 3.8) is 0 Å². The molecular formula is C9H21N3O. The number of hydrogen-bond acceptors (Lipinski definition) is 2. The molecule has 0 aromatic rings. The molecule has 0 aromatic heterocycles. The van der Waals surface area contributed by atoms with Crippen LogP contribution in [0.5, 0.6) is 0 Å². The molecule has 0 saturated carbocycles. The first-order valence-corrected chi connectivity index (χ1v) is 4.62. The van der Waals surface area contributed by atoms with E-state index in [1.807, 2.05) is 19.0 Å². The van der Waals surface area contributed by atoms with Gasteiger partial charge in [0.05, 0.1) is 0 Å². The average Bonchev–Trinajstić information content (AvgIpc) is 1.80. The topological polar surface area (TPSA) is 58.4 Å². The number of hydrogen-bond donors (Lipinski definition) is 2. The fourth-order valence-corrected chi connectivity index (χ4v) is 1.39. The number of nitrogens with one attached hydrogen (secondary N) is 1. The quantitative estimate of drug-likeness (QED) is 0.663. The predicted octanol–water partition coefficient (Wildman–Crippen LogP) is 0.631. The second kappa shape index (κ2) is 5.80. The summed E-state index contributed by atoms with van der Waals surface area (Å²) in [5.74, 6) is 0.566. The smallest absolute Gasteiger partial charge is 0.312 e. The molecule has 0 heterocycles. The first kappa shape index (κ1) is 12.2. The van der Waals surface area contributed by atoms with Gasteiger partial charge in [-0.15, -0.1) is 0 Å². The molecule has 2 amide bonds. The largest absolute Gasteiger partial charge is 0.352 e. The van der Waals surface area contributed by atoms with E-state index < -0.39 is 6.03 Å². The summed E-state index contributed by atoms with van der Waals surface area (Å²) in [5, 5.41) is 2.74. The van der Waals surface area contributed by atoms with Gasteiger partial charge >= 0.3 is 6.03 Å². The van der Waals surface area contributed by atoms with Crippen molar-refractivity contribution in [1.29, 1.82) is 0 Å². The lowest BCUT2D eigenvalue weighted by molar-refractivity contribution is 0.237. The van der Waals surface area contributed by atoms with Crippen LogP contribution in [0.3, 0.4) is 0 Å². The van der Waals surface area contributed by atoms with Crippen molar-refractivity contribution in [3.8, 4) is 0 Å². The van der Waals surface area contributed by atoms with Crippen LogP contribution >= 0.6 is 0 Å². The molecule has 0 rings (SSSR count). The zero-order valence-corrected chi connectivity index (χ0v) is 9.00. The van der Waals surface area contributed by atoms with Crippen molar-refractivity contribution < 1.29 is 4.79 Å². The van der Waals surface area contributed by atoms with E-state index in [-0.39, 0.29) is 6.04 Å². The Kier molecular flexibility index (Phi) is 5.46. The SMILES string of the molecule is CC(C)CC(CN(C)C)NC(N)=O. The first-order valence-electron chi connectivity index (χ1n) is 4.62. The molecule has 0 bridgehead atoms. The van der Waals surface area contributed by atoms with E-state index in [1.165, 1.54) is 0 Å². The zero-order chi connectivity index (χ0) is 10.4. The average molecular weight is 187 g/mol. The van der Waals surface area contributed by atoms with E-state index in [2.05, 4.69) is 19.2 Å². The Balaban J connectivity index is 3.95. The highest BCUT2D eigenvalue weighted by Gasteiger charge is 2.12. The summed E-state index contributed by atoms with van der Waals surface area (Å²) in [4.78, 5) is 12.7. The van der Waals surface area contributed by atoms with Crippen LogP contribution in [0, 0.1) is 5.92 Å². The summed E-state index contributed by atoms with van der Waals surface area (Å²) < 4.78 is 0. The molecule has 78 valence electrons. The third-order valence-corrected chi connectivity index (χ3v) is 1.69. The number of primary amides is 1. The minimum atomic E-state index is -0.437. The number of carbonyl (C=O) groups is 1. The van der Waals surface area contributed by atoms with Gasteiger partial charge in [0.25, 0.3) is 0 Å². The van der Waals surface area contributed by atoms with E-state index in [1.54, 1.807) is 0 Å². The Labute approximate surface area is 80.5 Å². The first-order chi connectivity index (χ1) is 5.91. The van der Waals surface area contributed by atoms with Gasteiger partial charge < -0.3 is 16.0 Å². The van der Waals surface area contributed by atoms with Crippen molar-refractivity contribution in [2.75, 3.05) is 20.6 Å². The van der Waals surface area contributed by atoms with Gasteiger partial charge in [0.1, 0.15) is 0 Å². The van der Waals surface area contributed by atoms with Crippen LogP contribution in [0.15, 0.2) is 0 Å². The fourth-order valence-electron chi connectivity index (χ4n) is 1.39. The summed E-state index contributed by atoms with van der Waals surface area (Å²) in [5.41, 5.74) is 5.08. The molecule has 0 aliphatic carbocycles. The van der Waals surface area contributed by atoms with Crippen LogP contribution in [-0.2, 0) is 0 Å². The second-order valence-electron chi connectivity index (χ2n) is 4.10. The number of urea groups is 1. The van der Waals surface area contributed by atoms with Gasteiger partial charge in [-0.1, -0.05) is 13.8 Å². The summed E-state index contributed by atoms with van der Waals surface area (Å²) in [6, 6.07) is -0.278. The highest BCUT2D eigenvalue weighted by atomic mass is 16.2. The molecule has 1 unspecified atom stereocenters. The minimum Gasteiger partial charge on any atom is -0.352 e. The molecule has 1 atom stereocenters. The Morgan fingerprint density at radius 3 is 2.31 bits per heavy atom. The van der Waals surface area contributed by atoms with Crippen molar-refractivity contribution in [1.82, 2.24) is 10.2 Å². The van der Waals surface area contributed by atoms with Crippen molar-refractivity contribution in [2.24, 2.45) is 11.7 Å². The third kappa shape index (κ3) is 7.59. The van der Waals surface area contributed by atoms with Gasteiger partial charge in [0.15, 0.2) is 0 Å². The standard InChI is InChI=1S/C9H21N3O/c1-7(2)5-8(6-12(3)4)11-9(10)13/h7-8H,5-6H2,1-4H3,(H3,10,11,13). The second-order valence-corrected chi connectivity index (χ2v) is 4.10. The summed E-state index contributed by atoms with van der Waals surface area (Å²) in [7, 11) is 3.96. The Bertz CT molecular complexity index is 147. The molecule has 0 aliphatic rings. The number of likely N-dealkylation sites (N-methyl/N-ethyl adjacent to an activating group) is 1. The van der Waals surface area contributed by atoms with Gasteiger partial charge in [-0.05, 0) is 26.4 Å². The normalized spacial score (nSPS) is 13.4. The Hall–Kier alpha value is -0.770. The maximum atomic E-state index is 10.7. The number of carbonyl (C=O) groups excluding carboxylic acids is 1. The minimum absolute atomic E-state index is 0.160. The highest BCUT2D eigenvalue weighted by molar-refractivity contribution is 5.71. The number of nitrogens with two attached hydrogens (primary N) is 1. The molecule has 13 heavy (non-hydrogen) atoms. The molecule has 0 aliphatic heterocycles. The summed E-state index contributed by atoms with van der Waals surface area (Å²) in [6.07, 6.45) is 0.959. The molecule has 4 heteroatoms. The van der Waals surface area contributed by atoms with Crippen LogP contribution in [0.4, 0.5) is 4.79 Å². The maximum absolute atomic E-state index is 10.7. The Morgan fingerprint density at radius 2 is 2.00 bits per heavy atom. The molecule has 4 nitrogen and oxygen atoms in total. The monoisotopic (exact) mass is 187 g/mol. The van der Waals surface area contributed by atoms with Gasteiger partial charge in [-0.3, -0.25) is 0 Å². The van der Waals surface area contributed by atoms with E-state index in [4.69, 9.17) is 5.73 Å². The number of nitrogens with zero attached hydrogens (tertiary/aromatic N) is 1. The lowest BCUT2D eigenvalue weighted by Gasteiger charge is -2.22. The molecule has 0 spiro atoms. The molecule has 0 aromatic carbocycles. The van der Waals surface area contributed by atoms with Crippen molar-refractivity contribution >= 4 is 6.03 Å². The summed E-state index contributed by atoms with van der Waals surface area (Å²) >= 11 is 0. The fraction of sp³-hybridized carbons (Fsp3) is 0.889. The molecule has 0 fully saturated rings. The number of amides is 2. The van der Waals surface area contributed by atoms with Gasteiger partial charge in [0, 0.05) is 12.6 Å². The molecule has 3 N–H and O–H groups in total. The van der Waals surface area contributed by atoms with Crippen LogP contribution < -0.4 is 11.1 Å². The summed E-state index contributed by atoms with van der Waals surface area (Å²) in [6.45, 7) is 5.10. The lowest BCUT2D eigenvalue weighted by atomic mass is 10.0. The van der Waals surface area contributed by atoms with E-state index >= 15 is 0 Å². The number of rotatable bonds is 5. The van der Waals surface area contributed by atoms with Gasteiger partial charge in [0.2, 0.25) is 0 Å². The van der Waals surface area contributed by atoms with Crippen LogP contribution in [0.25, 0.3) is 0 Å². The highest BCUT2D eigenvalue weighted by Crippen LogP contribution is 2.05. The lowest BCUT2D eigenvalue weighted by Crippen LogP contribution is -2.44. The Morgan fingerprint density at radius 1 is 1.46 bits per heavy atom. The molecular weight excluding hydrogens is 166 g/mol. The zero-order valence-electron chi connectivity index (χ0n) is 9.00. The third-order valence-electron chi connectivity index (χ3n) is 1.69. The van der Waals surface area contributed by atoms with Crippen LogP contribution in [0.2, 0.25) is 0 Å². The van der Waals surface area contributed by atoms with Gasteiger partial charge in [-0.2, -0.15) is 0 Å². The van der Waals surface area contributed by atoms with E-state index in [0.29, 0.717) is 5.92 Å². The van der Waals surface area contributed by atoms with Crippen molar-refractivity contribution in [3.05, 3.63) is 0 Å². The van der Waals surface area contributed by atoms with E-state index in [9.17, 15) is 4.79 Å². The van der Waals surface area contributed by atoms with Gasteiger partial charge in [-0.25, -0.2) is 4.79 Å². The molecule has 0 radical (unpaired) electrons. The van der Waals surface area contributed by atoms with E-state index in [0.717, 1.165) is 13.0 Å². The van der Waals surface area contributed by atoms with Crippen LogP contribution in [-0.4, -0.2) is 37.6 Å². The van der Waals surface area contributed by atoms with Crippen molar-refractivity contribution in [2.45, 2.75) is 26.3 Å². The van der Waals surface area contributed by atoms with Crippen LogP contribution in [0.1, 0.15) is 20.3 Å².